The first-order valence-electron chi connectivity index (χ1n) is 8.25. The number of alkyl halides is 3. The minimum Gasteiger partial charge on any atom is -0.444 e. The summed E-state index contributed by atoms with van der Waals surface area (Å²) < 4.78 is 44.7. The van der Waals surface area contributed by atoms with Gasteiger partial charge in [-0.15, -0.1) is 0 Å². The molecule has 3 rings (SSSR count). The number of rotatable bonds is 5. The predicted molar refractivity (Wildman–Crippen MR) is 93.9 cm³/mol. The van der Waals surface area contributed by atoms with Crippen LogP contribution in [0.5, 0.6) is 0 Å². The lowest BCUT2D eigenvalue weighted by atomic mass is 10.0. The summed E-state index contributed by atoms with van der Waals surface area (Å²) in [5.74, 6) is -0.636. The molecule has 1 aliphatic heterocycles. The zero-order valence-electron chi connectivity index (χ0n) is 14.1. The molecule has 9 heteroatoms. The van der Waals surface area contributed by atoms with Crippen LogP contribution in [0.3, 0.4) is 0 Å². The fourth-order valence-electron chi connectivity index (χ4n) is 2.95. The van der Waals surface area contributed by atoms with Gasteiger partial charge >= 0.3 is 6.18 Å². The fraction of sp³-hybridized carbons (Fsp3) is 0.333. The first kappa shape index (κ1) is 19.5. The Labute approximate surface area is 161 Å². The molecule has 0 radical (unpaired) electrons. The van der Waals surface area contributed by atoms with E-state index in [1.165, 1.54) is 24.3 Å². The van der Waals surface area contributed by atoms with E-state index >= 15 is 0 Å². The summed E-state index contributed by atoms with van der Waals surface area (Å²) in [4.78, 5) is 25.9. The van der Waals surface area contributed by atoms with Crippen molar-refractivity contribution in [1.82, 2.24) is 10.2 Å². The summed E-state index contributed by atoms with van der Waals surface area (Å²) in [5, 5.41) is 2.67. The molecule has 2 aromatic rings. The minimum atomic E-state index is -4.50. The maximum absolute atomic E-state index is 13.1. The monoisotopic (exact) mass is 444 g/mol. The number of hydrogen-bond donors (Lipinski definition) is 1. The largest absolute Gasteiger partial charge is 0.444 e. The molecule has 0 saturated carbocycles. The molecule has 5 nitrogen and oxygen atoms in total. The Bertz CT molecular complexity index is 850. The molecule has 2 heterocycles. The molecule has 1 fully saturated rings. The summed E-state index contributed by atoms with van der Waals surface area (Å²) in [6.07, 6.45) is -3.42. The third-order valence-electron chi connectivity index (χ3n) is 4.29. The fourth-order valence-corrected chi connectivity index (χ4v) is 3.26. The van der Waals surface area contributed by atoms with Crippen molar-refractivity contribution >= 4 is 27.7 Å². The van der Waals surface area contributed by atoms with Crippen LogP contribution in [0.1, 0.15) is 40.6 Å². The van der Waals surface area contributed by atoms with Gasteiger partial charge in [-0.05, 0) is 52.2 Å². The summed E-state index contributed by atoms with van der Waals surface area (Å²) >= 11 is 3.10. The molecule has 0 spiro atoms. The van der Waals surface area contributed by atoms with Crippen LogP contribution in [0.4, 0.5) is 13.2 Å². The van der Waals surface area contributed by atoms with E-state index in [9.17, 15) is 22.8 Å². The highest BCUT2D eigenvalue weighted by atomic mass is 79.9. The molecule has 27 heavy (non-hydrogen) atoms. The Kier molecular flexibility index (Phi) is 5.59. The first-order valence-corrected chi connectivity index (χ1v) is 9.04. The minimum absolute atomic E-state index is 0.0200. The third kappa shape index (κ3) is 4.71. The van der Waals surface area contributed by atoms with Crippen LogP contribution in [0.2, 0.25) is 0 Å². The number of halogens is 4. The number of nitrogens with zero attached hydrogens (tertiary/aromatic N) is 1. The van der Waals surface area contributed by atoms with Gasteiger partial charge in [-0.1, -0.05) is 12.1 Å². The van der Waals surface area contributed by atoms with Crippen LogP contribution < -0.4 is 5.32 Å². The topological polar surface area (TPSA) is 62.6 Å². The van der Waals surface area contributed by atoms with Gasteiger partial charge in [-0.2, -0.15) is 13.2 Å². The summed E-state index contributed by atoms with van der Waals surface area (Å²) in [7, 11) is 0. The van der Waals surface area contributed by atoms with Gasteiger partial charge in [-0.3, -0.25) is 9.59 Å². The zero-order valence-corrected chi connectivity index (χ0v) is 15.6. The van der Waals surface area contributed by atoms with Crippen LogP contribution in [-0.2, 0) is 11.0 Å². The first-order chi connectivity index (χ1) is 12.7. The van der Waals surface area contributed by atoms with Gasteiger partial charge in [0.1, 0.15) is 0 Å². The number of nitrogens with one attached hydrogen (secondary N) is 1. The van der Waals surface area contributed by atoms with Crippen LogP contribution in [0.15, 0.2) is 45.5 Å². The second-order valence-electron chi connectivity index (χ2n) is 6.20. The molecule has 1 N–H and O–H groups in total. The van der Waals surface area contributed by atoms with Gasteiger partial charge in [0, 0.05) is 19.5 Å². The summed E-state index contributed by atoms with van der Waals surface area (Å²) in [6.45, 7) is 0.601. The predicted octanol–water partition coefficient (Wildman–Crippen LogP) is 4.15. The quantitative estimate of drug-likeness (QED) is 0.752. The van der Waals surface area contributed by atoms with Crippen molar-refractivity contribution in [1.29, 1.82) is 0 Å². The Morgan fingerprint density at radius 2 is 2.07 bits per heavy atom. The smallest absolute Gasteiger partial charge is 0.416 e. The van der Waals surface area contributed by atoms with Gasteiger partial charge < -0.3 is 14.6 Å². The number of hydrogen-bond acceptors (Lipinski definition) is 3. The maximum Gasteiger partial charge on any atom is 0.416 e. The van der Waals surface area contributed by atoms with Crippen molar-refractivity contribution in [3.05, 3.63) is 58.0 Å². The number of amides is 2. The van der Waals surface area contributed by atoms with Crippen molar-refractivity contribution in [3.8, 4) is 0 Å². The zero-order chi connectivity index (χ0) is 19.6. The van der Waals surface area contributed by atoms with E-state index in [0.29, 0.717) is 24.1 Å². The van der Waals surface area contributed by atoms with Gasteiger partial charge in [0.2, 0.25) is 5.91 Å². The molecule has 1 aliphatic rings. The highest BCUT2D eigenvalue weighted by molar-refractivity contribution is 9.10. The Balaban J connectivity index is 1.87. The lowest BCUT2D eigenvalue weighted by Crippen LogP contribution is -2.38. The van der Waals surface area contributed by atoms with Crippen molar-refractivity contribution in [2.45, 2.75) is 25.1 Å². The molecule has 1 unspecified atom stereocenters. The van der Waals surface area contributed by atoms with Crippen molar-refractivity contribution in [2.75, 3.05) is 13.1 Å². The maximum atomic E-state index is 13.1. The summed E-state index contributed by atoms with van der Waals surface area (Å²) in [6, 6.07) is 6.93. The second-order valence-corrected chi connectivity index (χ2v) is 6.98. The van der Waals surface area contributed by atoms with Gasteiger partial charge in [-0.25, -0.2) is 0 Å². The van der Waals surface area contributed by atoms with E-state index in [2.05, 4.69) is 21.2 Å². The van der Waals surface area contributed by atoms with Crippen LogP contribution >= 0.6 is 15.9 Å². The Hall–Kier alpha value is -2.29. The molecule has 1 saturated heterocycles. The molecular weight excluding hydrogens is 429 g/mol. The van der Waals surface area contributed by atoms with Crippen LogP contribution in [0.25, 0.3) is 0 Å². The summed E-state index contributed by atoms with van der Waals surface area (Å²) in [5.41, 5.74) is -0.545. The van der Waals surface area contributed by atoms with Crippen molar-refractivity contribution < 1.29 is 27.2 Å². The lowest BCUT2D eigenvalue weighted by molar-refractivity contribution is -0.137. The van der Waals surface area contributed by atoms with Crippen molar-refractivity contribution in [3.63, 3.8) is 0 Å². The van der Waals surface area contributed by atoms with Gasteiger partial charge in [0.25, 0.3) is 5.91 Å². The third-order valence-corrected chi connectivity index (χ3v) is 4.72. The number of carbonyl (C=O) groups is 2. The standard InChI is InChI=1S/C18H16BrF3N2O3/c19-15-7-6-14(27-15)17(26)23-13(10-24-8-2-5-16(24)25)11-3-1-4-12(9-11)18(20,21)22/h1,3-4,6-7,9,13H,2,5,8,10H2,(H,23,26). The average Bonchev–Trinajstić information content (AvgIpc) is 3.22. The highest BCUT2D eigenvalue weighted by Crippen LogP contribution is 2.31. The van der Waals surface area contributed by atoms with Crippen LogP contribution in [-0.4, -0.2) is 29.8 Å². The number of carbonyl (C=O) groups excluding carboxylic acids is 2. The molecule has 0 aliphatic carbocycles. The van der Waals surface area contributed by atoms with Crippen molar-refractivity contribution in [2.24, 2.45) is 0 Å². The van der Waals surface area contributed by atoms with E-state index in [0.717, 1.165) is 12.1 Å². The molecule has 144 valence electrons. The number of furan rings is 1. The second kappa shape index (κ2) is 7.75. The number of likely N-dealkylation sites (tertiary alicyclic amines) is 1. The van der Waals surface area contributed by atoms with Crippen LogP contribution in [0, 0.1) is 0 Å². The molecular formula is C18H16BrF3N2O3. The number of benzene rings is 1. The van der Waals surface area contributed by atoms with Gasteiger partial charge in [0.05, 0.1) is 11.6 Å². The van der Waals surface area contributed by atoms with E-state index < -0.39 is 23.7 Å². The van der Waals surface area contributed by atoms with Gasteiger partial charge in [0.15, 0.2) is 10.4 Å². The lowest BCUT2D eigenvalue weighted by Gasteiger charge is -2.25. The van der Waals surface area contributed by atoms with E-state index in [4.69, 9.17) is 4.42 Å². The average molecular weight is 445 g/mol. The Morgan fingerprint density at radius 1 is 1.30 bits per heavy atom. The highest BCUT2D eigenvalue weighted by Gasteiger charge is 2.32. The normalized spacial score (nSPS) is 15.9. The Morgan fingerprint density at radius 3 is 2.67 bits per heavy atom. The SMILES string of the molecule is O=C(NC(CN1CCCC1=O)c1cccc(C(F)(F)F)c1)c1ccc(Br)o1. The molecule has 1 aromatic heterocycles. The van der Waals surface area contributed by atoms with E-state index in [-0.39, 0.29) is 23.8 Å². The molecule has 0 bridgehead atoms. The van der Waals surface area contributed by atoms with E-state index in [1.807, 2.05) is 0 Å². The molecule has 1 aromatic carbocycles. The molecule has 1 atom stereocenters. The molecule has 2 amide bonds. The van der Waals surface area contributed by atoms with E-state index in [1.54, 1.807) is 4.90 Å².